The van der Waals surface area contributed by atoms with E-state index >= 15 is 0 Å². The van der Waals surface area contributed by atoms with E-state index < -0.39 is 16.5 Å². The van der Waals surface area contributed by atoms with Crippen molar-refractivity contribution in [3.05, 3.63) is 29.0 Å². The lowest BCUT2D eigenvalue weighted by molar-refractivity contribution is 0.606. The first-order valence-electron chi connectivity index (χ1n) is 2.71. The summed E-state index contributed by atoms with van der Waals surface area (Å²) in [5.41, 5.74) is 0. The van der Waals surface area contributed by atoms with Gasteiger partial charge in [0.15, 0.2) is 10.7 Å². The molecular formula is C6H4ClFO2S. The number of benzene rings is 1. The summed E-state index contributed by atoms with van der Waals surface area (Å²) in [6.07, 6.45) is 0. The fraction of sp³-hybridized carbons (Fsp3) is 0. The summed E-state index contributed by atoms with van der Waals surface area (Å²) in [6, 6.07) is 3.64. The molecule has 0 aromatic heterocycles. The molecule has 60 valence electrons. The highest BCUT2D eigenvalue weighted by Crippen LogP contribution is 2.20. The summed E-state index contributed by atoms with van der Waals surface area (Å²) in [5.74, 6) is -0.719. The molecule has 1 rings (SSSR count). The van der Waals surface area contributed by atoms with Gasteiger partial charge in [0.05, 0.1) is 9.92 Å². The van der Waals surface area contributed by atoms with E-state index in [0.717, 1.165) is 6.07 Å². The van der Waals surface area contributed by atoms with Gasteiger partial charge in [0, 0.05) is 0 Å². The Morgan fingerprint density at radius 2 is 2.00 bits per heavy atom. The lowest BCUT2D eigenvalue weighted by Crippen LogP contribution is -1.84. The molecule has 0 atom stereocenters. The lowest BCUT2D eigenvalue weighted by Gasteiger charge is -1.94. The Morgan fingerprint density at radius 1 is 1.36 bits per heavy atom. The van der Waals surface area contributed by atoms with Crippen LogP contribution in [0, 0.1) is 5.82 Å². The highest BCUT2D eigenvalue weighted by atomic mass is 35.5. The first kappa shape index (κ1) is 8.49. The normalized spacial score (nSPS) is 10.5. The second-order valence-corrected chi connectivity index (χ2v) is 3.20. The summed E-state index contributed by atoms with van der Waals surface area (Å²) >= 11 is 5.33. The monoisotopic (exact) mass is 194 g/mol. The third-order valence-electron chi connectivity index (χ3n) is 1.13. The Bertz CT molecular complexity index is 340. The van der Waals surface area contributed by atoms with Crippen LogP contribution in [0.3, 0.4) is 0 Å². The van der Waals surface area contributed by atoms with E-state index in [2.05, 4.69) is 0 Å². The summed E-state index contributed by atoms with van der Waals surface area (Å²) in [7, 11) is -2.80. The molecule has 2 nitrogen and oxygen atoms in total. The molecule has 11 heavy (non-hydrogen) atoms. The molecule has 0 saturated carbocycles. The van der Waals surface area contributed by atoms with Crippen LogP contribution >= 0.6 is 11.6 Å². The molecular weight excluding hydrogens is 191 g/mol. The van der Waals surface area contributed by atoms with Gasteiger partial charge < -0.3 is 0 Å². The van der Waals surface area contributed by atoms with E-state index in [1.165, 1.54) is 12.1 Å². The predicted octanol–water partition coefficient (Wildman–Crippen LogP) is 1.45. The topological polar surface area (TPSA) is 34.1 Å². The van der Waals surface area contributed by atoms with Crippen LogP contribution in [0.5, 0.6) is 0 Å². The fourth-order valence-corrected chi connectivity index (χ4v) is 1.44. The predicted molar refractivity (Wildman–Crippen MR) is 40.0 cm³/mol. The average molecular weight is 195 g/mol. The third-order valence-corrected chi connectivity index (χ3v) is 2.41. The van der Waals surface area contributed by atoms with Gasteiger partial charge in [0.2, 0.25) is 0 Å². The molecule has 0 unspecified atom stereocenters. The van der Waals surface area contributed by atoms with Crippen molar-refractivity contribution in [2.75, 3.05) is 0 Å². The van der Waals surface area contributed by atoms with Crippen molar-refractivity contribution >= 4 is 22.3 Å². The number of thiol groups is 1. The van der Waals surface area contributed by atoms with Crippen molar-refractivity contribution < 1.29 is 12.8 Å². The van der Waals surface area contributed by atoms with Crippen LogP contribution in [0.2, 0.25) is 5.02 Å². The second-order valence-electron chi connectivity index (χ2n) is 1.83. The van der Waals surface area contributed by atoms with Gasteiger partial charge in [0.25, 0.3) is 0 Å². The van der Waals surface area contributed by atoms with Gasteiger partial charge >= 0.3 is 0 Å². The minimum Gasteiger partial charge on any atom is -0.227 e. The van der Waals surface area contributed by atoms with E-state index in [4.69, 9.17) is 11.6 Å². The molecule has 0 spiro atoms. The Kier molecular flexibility index (Phi) is 2.46. The molecule has 1 aromatic rings. The van der Waals surface area contributed by atoms with Crippen molar-refractivity contribution in [3.8, 4) is 0 Å². The van der Waals surface area contributed by atoms with Crippen LogP contribution in [-0.2, 0) is 10.7 Å². The summed E-state index contributed by atoms with van der Waals surface area (Å²) in [6.45, 7) is 0. The van der Waals surface area contributed by atoms with Gasteiger partial charge in [-0.3, -0.25) is 0 Å². The molecule has 0 radical (unpaired) electrons. The van der Waals surface area contributed by atoms with Gasteiger partial charge in [-0.15, -0.1) is 0 Å². The maximum Gasteiger partial charge on any atom is 0.169 e. The van der Waals surface area contributed by atoms with Crippen LogP contribution in [0.4, 0.5) is 4.39 Å². The second kappa shape index (κ2) is 3.19. The quantitative estimate of drug-likeness (QED) is 0.687. The van der Waals surface area contributed by atoms with Gasteiger partial charge in [-0.25, -0.2) is 12.8 Å². The highest BCUT2D eigenvalue weighted by Gasteiger charge is 2.05. The molecule has 0 amide bonds. The van der Waals surface area contributed by atoms with E-state index in [0.29, 0.717) is 0 Å². The van der Waals surface area contributed by atoms with E-state index in [-0.39, 0.29) is 9.92 Å². The minimum atomic E-state index is -2.80. The maximum atomic E-state index is 12.5. The molecule has 0 aliphatic heterocycles. The van der Waals surface area contributed by atoms with Gasteiger partial charge in [0.1, 0.15) is 5.82 Å². The van der Waals surface area contributed by atoms with Crippen molar-refractivity contribution in [1.29, 1.82) is 0 Å². The highest BCUT2D eigenvalue weighted by molar-refractivity contribution is 7.72. The largest absolute Gasteiger partial charge is 0.227 e. The van der Waals surface area contributed by atoms with Crippen molar-refractivity contribution in [2.45, 2.75) is 4.90 Å². The van der Waals surface area contributed by atoms with E-state index in [1.807, 2.05) is 0 Å². The van der Waals surface area contributed by atoms with E-state index in [1.54, 1.807) is 0 Å². The number of hydrogen-bond acceptors (Lipinski definition) is 2. The number of halogens is 2. The lowest BCUT2D eigenvalue weighted by atomic mass is 10.3. The fourth-order valence-electron chi connectivity index (χ4n) is 0.633. The Balaban J connectivity index is 3.39. The molecule has 0 heterocycles. The molecule has 0 N–H and O–H groups in total. The van der Waals surface area contributed by atoms with Crippen LogP contribution in [0.25, 0.3) is 0 Å². The zero-order valence-electron chi connectivity index (χ0n) is 5.25. The smallest absolute Gasteiger partial charge is 0.169 e. The third kappa shape index (κ3) is 1.70. The molecule has 0 aliphatic carbocycles. The van der Waals surface area contributed by atoms with Crippen LogP contribution in [0.15, 0.2) is 23.1 Å². The van der Waals surface area contributed by atoms with Gasteiger partial charge in [-0.1, -0.05) is 17.7 Å². The van der Waals surface area contributed by atoms with Crippen LogP contribution < -0.4 is 0 Å². The molecule has 1 aromatic carbocycles. The number of rotatable bonds is 1. The summed E-state index contributed by atoms with van der Waals surface area (Å²) < 4.78 is 33.3. The molecule has 5 heteroatoms. The molecule has 0 fully saturated rings. The van der Waals surface area contributed by atoms with Crippen molar-refractivity contribution in [1.82, 2.24) is 0 Å². The molecule has 0 bridgehead atoms. The Hall–Kier alpha value is -0.610. The number of hydrogen-bond donors (Lipinski definition) is 1. The average Bonchev–Trinajstić information content (AvgIpc) is 1.94. The van der Waals surface area contributed by atoms with E-state index in [9.17, 15) is 12.8 Å². The molecule has 0 aliphatic rings. The standard InChI is InChI=1S/C6H4ClFO2S/c7-6-4(8)2-1-3-5(6)11(9)10/h1-3,11H. The van der Waals surface area contributed by atoms with Crippen molar-refractivity contribution in [2.24, 2.45) is 0 Å². The zero-order valence-corrected chi connectivity index (χ0v) is 6.90. The van der Waals surface area contributed by atoms with Crippen molar-refractivity contribution in [3.63, 3.8) is 0 Å². The molecule has 0 saturated heterocycles. The summed E-state index contributed by atoms with van der Waals surface area (Å²) in [4.78, 5) is -0.179. The maximum absolute atomic E-state index is 12.5. The van der Waals surface area contributed by atoms with Gasteiger partial charge in [-0.2, -0.15) is 0 Å². The van der Waals surface area contributed by atoms with Crippen LogP contribution in [0.1, 0.15) is 0 Å². The minimum absolute atomic E-state index is 0.179. The first-order valence-corrected chi connectivity index (χ1v) is 4.27. The zero-order chi connectivity index (χ0) is 8.43. The summed E-state index contributed by atoms with van der Waals surface area (Å²) in [5, 5.41) is -0.344. The Morgan fingerprint density at radius 3 is 2.45 bits per heavy atom. The Labute approximate surface area is 69.6 Å². The van der Waals surface area contributed by atoms with Gasteiger partial charge in [-0.05, 0) is 12.1 Å². The SMILES string of the molecule is O=[SH](=O)c1cccc(F)c1Cl. The van der Waals surface area contributed by atoms with Crippen LogP contribution in [-0.4, -0.2) is 8.42 Å². The first-order chi connectivity index (χ1) is 5.13.